The Kier molecular flexibility index (Phi) is 12.5. The molecule has 1 saturated carbocycles. The molecule has 44 heavy (non-hydrogen) atoms. The number of hydrogen-bond donors (Lipinski definition) is 4. The average Bonchev–Trinajstić information content (AvgIpc) is 3.01. The van der Waals surface area contributed by atoms with E-state index in [1.54, 1.807) is 24.3 Å². The predicted octanol–water partition coefficient (Wildman–Crippen LogP) is 4.14. The minimum absolute atomic E-state index is 0.00254. The summed E-state index contributed by atoms with van der Waals surface area (Å²) in [5.41, 5.74) is 12.6. The van der Waals surface area contributed by atoms with Crippen molar-refractivity contribution in [1.29, 1.82) is 0 Å². The van der Waals surface area contributed by atoms with E-state index in [0.717, 1.165) is 18.5 Å². The number of benzene rings is 2. The topological polar surface area (TPSA) is 222 Å². The highest BCUT2D eigenvalue weighted by molar-refractivity contribution is 5.91. The van der Waals surface area contributed by atoms with Crippen molar-refractivity contribution in [2.75, 3.05) is 5.32 Å². The number of nitrogens with zero attached hydrogens (tertiary/aromatic N) is 4. The van der Waals surface area contributed by atoms with Gasteiger partial charge in [-0.15, -0.1) is 5.10 Å². The van der Waals surface area contributed by atoms with Crippen LogP contribution in [0.5, 0.6) is 0 Å². The van der Waals surface area contributed by atoms with E-state index >= 15 is 0 Å². The maximum atomic E-state index is 12.1. The lowest BCUT2D eigenvalue weighted by atomic mass is 9.87. The van der Waals surface area contributed by atoms with Crippen LogP contribution in [-0.4, -0.2) is 31.9 Å². The van der Waals surface area contributed by atoms with Crippen molar-refractivity contribution >= 4 is 29.0 Å². The van der Waals surface area contributed by atoms with E-state index in [2.05, 4.69) is 20.8 Å². The van der Waals surface area contributed by atoms with Gasteiger partial charge in [-0.25, -0.2) is 0 Å². The summed E-state index contributed by atoms with van der Waals surface area (Å²) in [5.74, 6) is 0.378. The number of aromatic nitrogens is 2. The Hall–Kier alpha value is -5.66. The van der Waals surface area contributed by atoms with Gasteiger partial charge in [0.15, 0.2) is 5.82 Å². The molecule has 6 N–H and O–H groups in total. The van der Waals surface area contributed by atoms with Crippen LogP contribution in [0.15, 0.2) is 84.8 Å². The smallest absolute Gasteiger partial charge is 0.269 e. The van der Waals surface area contributed by atoms with Crippen molar-refractivity contribution in [3.8, 4) is 0 Å². The van der Waals surface area contributed by atoms with E-state index in [1.807, 2.05) is 6.07 Å². The molecule has 1 aromatic heterocycles. The molecule has 0 radical (unpaired) electrons. The van der Waals surface area contributed by atoms with Crippen LogP contribution >= 0.6 is 0 Å². The van der Waals surface area contributed by atoms with Gasteiger partial charge in [0.05, 0.1) is 28.4 Å². The third-order valence-corrected chi connectivity index (χ3v) is 6.62. The van der Waals surface area contributed by atoms with Gasteiger partial charge >= 0.3 is 0 Å². The van der Waals surface area contributed by atoms with Gasteiger partial charge in [-0.3, -0.25) is 29.8 Å². The van der Waals surface area contributed by atoms with Gasteiger partial charge in [0, 0.05) is 30.2 Å². The number of nitrogens with one attached hydrogen (secondary N) is 2. The number of nitrogens with two attached hydrogens (primary N) is 2. The number of allylic oxidation sites excluding steroid dienone is 2. The van der Waals surface area contributed by atoms with Crippen LogP contribution in [0.25, 0.3) is 0 Å². The summed E-state index contributed by atoms with van der Waals surface area (Å²) in [6.45, 7) is 0. The largest absolute Gasteiger partial charge is 0.405 e. The Morgan fingerprint density at radius 2 is 1.45 bits per heavy atom. The lowest BCUT2D eigenvalue weighted by molar-refractivity contribution is -0.385. The zero-order chi connectivity index (χ0) is 31.9. The molecule has 1 aliphatic carbocycles. The highest BCUT2D eigenvalue weighted by atomic mass is 16.6. The predicted molar refractivity (Wildman–Crippen MR) is 164 cm³/mol. The molecule has 1 heterocycles. The second-order valence-electron chi connectivity index (χ2n) is 9.99. The lowest BCUT2D eigenvalue weighted by Crippen LogP contribution is -2.28. The molecule has 0 bridgehead atoms. The number of amides is 2. The summed E-state index contributed by atoms with van der Waals surface area (Å²) >= 11 is 0. The van der Waals surface area contributed by atoms with Gasteiger partial charge in [-0.05, 0) is 54.5 Å². The summed E-state index contributed by atoms with van der Waals surface area (Å²) in [7, 11) is 0. The van der Waals surface area contributed by atoms with Crippen LogP contribution in [0.1, 0.15) is 54.8 Å². The number of nitro groups is 2. The quantitative estimate of drug-likeness (QED) is 0.147. The Bertz CT molecular complexity index is 1520. The van der Waals surface area contributed by atoms with Crippen molar-refractivity contribution in [2.45, 2.75) is 50.9 Å². The molecule has 2 aromatic carbocycles. The molecule has 0 unspecified atom stereocenters. The first-order chi connectivity index (χ1) is 21.1. The van der Waals surface area contributed by atoms with Gasteiger partial charge < -0.3 is 22.1 Å². The van der Waals surface area contributed by atoms with E-state index in [0.29, 0.717) is 22.9 Å². The Morgan fingerprint density at radius 1 is 0.864 bits per heavy atom. The number of carbonyl (C=O) groups is 2. The van der Waals surface area contributed by atoms with Gasteiger partial charge in [-0.1, -0.05) is 43.5 Å². The fraction of sp³-hybridized carbons (Fsp3) is 0.267. The average molecular weight is 603 g/mol. The summed E-state index contributed by atoms with van der Waals surface area (Å²) in [6.07, 6.45) is 10.3. The molecule has 1 fully saturated rings. The normalized spacial score (nSPS) is 13.4. The van der Waals surface area contributed by atoms with Crippen molar-refractivity contribution in [3.05, 3.63) is 122 Å². The molecule has 0 aliphatic heterocycles. The first kappa shape index (κ1) is 32.8. The van der Waals surface area contributed by atoms with Gasteiger partial charge in [0.25, 0.3) is 11.4 Å². The summed E-state index contributed by atoms with van der Waals surface area (Å²) in [6, 6.07) is 15.6. The zero-order valence-electron chi connectivity index (χ0n) is 23.9. The molecule has 0 saturated heterocycles. The molecule has 3 aromatic rings. The van der Waals surface area contributed by atoms with Crippen LogP contribution in [0.2, 0.25) is 0 Å². The third kappa shape index (κ3) is 11.0. The Balaban J connectivity index is 0.000000251. The molecule has 4 rings (SSSR count). The standard InChI is InChI=1S/C18H20N4O3.C12H14N4O3/c23-18(12-13-5-4-8-15(11-13)22(24)25)19-17-10-9-16(20-21-17)14-6-2-1-3-7-14;13-6-2-5-11(14)15-12(17)8-9-3-1-4-10(7-9)16(18)19/h4-5,8-11,14H,1-3,6-7,12H2,(H,19,21,23);1-7H,8,13-14H2,(H,15,17)/b;6-2-,11-5+. The maximum absolute atomic E-state index is 12.1. The number of nitro benzene ring substituents is 2. The molecule has 2 amide bonds. The van der Waals surface area contributed by atoms with Crippen molar-refractivity contribution in [2.24, 2.45) is 11.5 Å². The summed E-state index contributed by atoms with van der Waals surface area (Å²) in [4.78, 5) is 44.1. The SMILES string of the molecule is N/C=C\C=C(/N)NC(=O)Cc1cccc([N+](=O)[O-])c1.O=C(Cc1cccc([N+](=O)[O-])c1)Nc1ccc(C2CCCCC2)nn1. The highest BCUT2D eigenvalue weighted by Gasteiger charge is 2.17. The molecule has 14 nitrogen and oxygen atoms in total. The fourth-order valence-electron chi connectivity index (χ4n) is 4.55. The Labute approximate surface area is 253 Å². The van der Waals surface area contributed by atoms with E-state index in [-0.39, 0.29) is 41.9 Å². The summed E-state index contributed by atoms with van der Waals surface area (Å²) in [5, 5.41) is 34.8. The first-order valence-corrected chi connectivity index (χ1v) is 13.9. The second-order valence-corrected chi connectivity index (χ2v) is 9.99. The van der Waals surface area contributed by atoms with Crippen molar-refractivity contribution in [1.82, 2.24) is 15.5 Å². The van der Waals surface area contributed by atoms with E-state index in [4.69, 9.17) is 11.5 Å². The third-order valence-electron chi connectivity index (χ3n) is 6.62. The molecular weight excluding hydrogens is 568 g/mol. The van der Waals surface area contributed by atoms with Crippen LogP contribution < -0.4 is 22.1 Å². The monoisotopic (exact) mass is 602 g/mol. The van der Waals surface area contributed by atoms with E-state index < -0.39 is 9.85 Å². The van der Waals surface area contributed by atoms with E-state index in [1.165, 1.54) is 67.9 Å². The number of hydrogen-bond acceptors (Lipinski definition) is 10. The number of non-ortho nitro benzene ring substituents is 2. The van der Waals surface area contributed by atoms with Crippen LogP contribution in [0, 0.1) is 20.2 Å². The molecule has 1 aliphatic rings. The highest BCUT2D eigenvalue weighted by Crippen LogP contribution is 2.31. The Morgan fingerprint density at radius 3 is 1.98 bits per heavy atom. The van der Waals surface area contributed by atoms with Crippen LogP contribution in [0.4, 0.5) is 17.2 Å². The van der Waals surface area contributed by atoms with E-state index in [9.17, 15) is 29.8 Å². The first-order valence-electron chi connectivity index (χ1n) is 13.9. The summed E-state index contributed by atoms with van der Waals surface area (Å²) < 4.78 is 0. The fourth-order valence-corrected chi connectivity index (χ4v) is 4.55. The van der Waals surface area contributed by atoms with Gasteiger partial charge in [0.1, 0.15) is 5.82 Å². The van der Waals surface area contributed by atoms with Gasteiger partial charge in [0.2, 0.25) is 11.8 Å². The van der Waals surface area contributed by atoms with Crippen molar-refractivity contribution in [3.63, 3.8) is 0 Å². The van der Waals surface area contributed by atoms with Crippen LogP contribution in [0.3, 0.4) is 0 Å². The second kappa shape index (κ2) is 16.7. The minimum atomic E-state index is -0.512. The molecule has 0 atom stereocenters. The van der Waals surface area contributed by atoms with Crippen molar-refractivity contribution < 1.29 is 19.4 Å². The van der Waals surface area contributed by atoms with Gasteiger partial charge in [-0.2, -0.15) is 5.10 Å². The molecular formula is C30H34N8O6. The lowest BCUT2D eigenvalue weighted by Gasteiger charge is -2.20. The molecule has 0 spiro atoms. The molecule has 14 heteroatoms. The van der Waals surface area contributed by atoms with Crippen LogP contribution in [-0.2, 0) is 22.4 Å². The zero-order valence-corrected chi connectivity index (χ0v) is 23.9. The number of carbonyl (C=O) groups excluding carboxylic acids is 2. The molecule has 230 valence electrons. The minimum Gasteiger partial charge on any atom is -0.405 e. The number of anilines is 1. The number of rotatable bonds is 10. The maximum Gasteiger partial charge on any atom is 0.269 e.